The normalized spacial score (nSPS) is 15.9. The fraction of sp³-hybridized carbons (Fsp3) is 0.476. The third kappa shape index (κ3) is 4.59. The van der Waals surface area contributed by atoms with E-state index in [9.17, 15) is 14.4 Å². The summed E-state index contributed by atoms with van der Waals surface area (Å²) in [4.78, 5) is 39.7. The number of carbonyl (C=O) groups excluding carboxylic acids is 2. The molecule has 0 aliphatic carbocycles. The van der Waals surface area contributed by atoms with Crippen LogP contribution in [0.3, 0.4) is 0 Å². The van der Waals surface area contributed by atoms with E-state index in [4.69, 9.17) is 9.15 Å². The quantitative estimate of drug-likeness (QED) is 0.553. The summed E-state index contributed by atoms with van der Waals surface area (Å²) in [5.74, 6) is 0.0632. The van der Waals surface area contributed by atoms with E-state index in [1.54, 1.807) is 30.9 Å². The molecule has 1 aliphatic rings. The number of carbonyl (C=O) groups is 2. The summed E-state index contributed by atoms with van der Waals surface area (Å²) in [6.07, 6.45) is -0.683. The topological polar surface area (TPSA) is 89.3 Å². The number of hydrogen-bond acceptors (Lipinski definition) is 7. The first-order chi connectivity index (χ1) is 13.8. The SMILES string of the molecule is COC(=O)CN1CCN(C(=O)C(C)Oc2ccc3c(C)c(C)c(=O)oc3c2)CC1. The Hall–Kier alpha value is -2.87. The predicted molar refractivity (Wildman–Crippen MR) is 107 cm³/mol. The number of rotatable bonds is 5. The van der Waals surface area contributed by atoms with E-state index in [2.05, 4.69) is 4.74 Å². The van der Waals surface area contributed by atoms with Crippen LogP contribution in [0.15, 0.2) is 27.4 Å². The summed E-state index contributed by atoms with van der Waals surface area (Å²) in [6.45, 7) is 7.79. The maximum absolute atomic E-state index is 12.7. The lowest BCUT2D eigenvalue weighted by atomic mass is 10.1. The van der Waals surface area contributed by atoms with Crippen molar-refractivity contribution < 1.29 is 23.5 Å². The van der Waals surface area contributed by atoms with Crippen LogP contribution in [0.5, 0.6) is 5.75 Å². The van der Waals surface area contributed by atoms with Gasteiger partial charge in [-0.15, -0.1) is 0 Å². The highest BCUT2D eigenvalue weighted by Gasteiger charge is 2.27. The van der Waals surface area contributed by atoms with Crippen LogP contribution in [-0.4, -0.2) is 67.6 Å². The molecule has 156 valence electrons. The van der Waals surface area contributed by atoms with Gasteiger partial charge in [0.15, 0.2) is 6.10 Å². The van der Waals surface area contributed by atoms with Gasteiger partial charge in [0.05, 0.1) is 13.7 Å². The molecule has 1 saturated heterocycles. The first kappa shape index (κ1) is 20.9. The van der Waals surface area contributed by atoms with Crippen LogP contribution in [0, 0.1) is 13.8 Å². The van der Waals surface area contributed by atoms with Crippen molar-refractivity contribution in [2.24, 2.45) is 0 Å². The minimum atomic E-state index is -0.683. The summed E-state index contributed by atoms with van der Waals surface area (Å²) < 4.78 is 15.8. The first-order valence-corrected chi connectivity index (χ1v) is 9.59. The van der Waals surface area contributed by atoms with Crippen molar-refractivity contribution in [1.82, 2.24) is 9.80 Å². The average Bonchev–Trinajstić information content (AvgIpc) is 2.72. The molecule has 8 nitrogen and oxygen atoms in total. The Morgan fingerprint density at radius 2 is 1.83 bits per heavy atom. The monoisotopic (exact) mass is 402 g/mol. The third-order valence-corrected chi connectivity index (χ3v) is 5.35. The molecule has 1 aromatic heterocycles. The van der Waals surface area contributed by atoms with E-state index in [0.29, 0.717) is 43.1 Å². The van der Waals surface area contributed by atoms with Gasteiger partial charge < -0.3 is 18.8 Å². The minimum absolute atomic E-state index is 0.121. The number of amides is 1. The molecule has 0 saturated carbocycles. The Labute approximate surface area is 169 Å². The van der Waals surface area contributed by atoms with Crippen molar-refractivity contribution >= 4 is 22.8 Å². The van der Waals surface area contributed by atoms with Crippen LogP contribution in [0.2, 0.25) is 0 Å². The molecule has 1 fully saturated rings. The van der Waals surface area contributed by atoms with Crippen molar-refractivity contribution in [1.29, 1.82) is 0 Å². The summed E-state index contributed by atoms with van der Waals surface area (Å²) in [6, 6.07) is 5.24. The molecule has 3 rings (SSSR count). The maximum atomic E-state index is 12.7. The number of benzene rings is 1. The van der Waals surface area contributed by atoms with E-state index in [-0.39, 0.29) is 24.0 Å². The highest BCUT2D eigenvalue weighted by atomic mass is 16.5. The van der Waals surface area contributed by atoms with Gasteiger partial charge in [0.2, 0.25) is 0 Å². The zero-order valence-electron chi connectivity index (χ0n) is 17.2. The molecular weight excluding hydrogens is 376 g/mol. The van der Waals surface area contributed by atoms with Crippen molar-refractivity contribution in [3.8, 4) is 5.75 Å². The summed E-state index contributed by atoms with van der Waals surface area (Å²) >= 11 is 0. The molecule has 0 radical (unpaired) electrons. The van der Waals surface area contributed by atoms with Gasteiger partial charge in [-0.3, -0.25) is 14.5 Å². The lowest BCUT2D eigenvalue weighted by molar-refractivity contribution is -0.143. The molecule has 1 unspecified atom stereocenters. The molecular formula is C21H26N2O6. The number of methoxy groups -OCH3 is 1. The Kier molecular flexibility index (Phi) is 6.22. The Balaban J connectivity index is 1.63. The van der Waals surface area contributed by atoms with Crippen molar-refractivity contribution in [3.05, 3.63) is 39.7 Å². The van der Waals surface area contributed by atoms with E-state index >= 15 is 0 Å². The number of ether oxygens (including phenoxy) is 2. The molecule has 1 aliphatic heterocycles. The van der Waals surface area contributed by atoms with Gasteiger partial charge in [0, 0.05) is 43.2 Å². The van der Waals surface area contributed by atoms with E-state index in [1.165, 1.54) is 7.11 Å². The van der Waals surface area contributed by atoms with Crippen LogP contribution < -0.4 is 10.4 Å². The molecule has 8 heteroatoms. The van der Waals surface area contributed by atoms with Crippen LogP contribution in [0.1, 0.15) is 18.1 Å². The largest absolute Gasteiger partial charge is 0.481 e. The molecule has 0 spiro atoms. The fourth-order valence-electron chi connectivity index (χ4n) is 3.39. The minimum Gasteiger partial charge on any atom is -0.481 e. The molecule has 1 amide bonds. The number of esters is 1. The molecule has 1 aromatic carbocycles. The number of aryl methyl sites for hydroxylation is 1. The molecule has 0 bridgehead atoms. The van der Waals surface area contributed by atoms with Crippen LogP contribution in [-0.2, 0) is 14.3 Å². The van der Waals surface area contributed by atoms with E-state index < -0.39 is 6.10 Å². The Bertz CT molecular complexity index is 975. The fourth-order valence-corrected chi connectivity index (χ4v) is 3.39. The first-order valence-electron chi connectivity index (χ1n) is 9.59. The van der Waals surface area contributed by atoms with Gasteiger partial charge in [0.1, 0.15) is 11.3 Å². The molecule has 1 atom stereocenters. The highest BCUT2D eigenvalue weighted by Crippen LogP contribution is 2.24. The molecule has 0 N–H and O–H groups in total. The molecule has 2 aromatic rings. The second-order valence-corrected chi connectivity index (χ2v) is 7.24. The van der Waals surface area contributed by atoms with Crippen molar-refractivity contribution in [2.45, 2.75) is 26.9 Å². The standard InChI is InChI=1S/C21H26N2O6/c1-13-14(2)21(26)29-18-11-16(5-6-17(13)18)28-15(3)20(25)23-9-7-22(8-10-23)12-19(24)27-4/h5-6,11,15H,7-10,12H2,1-4H3. The van der Waals surface area contributed by atoms with Gasteiger partial charge in [-0.1, -0.05) is 0 Å². The second-order valence-electron chi connectivity index (χ2n) is 7.24. The average molecular weight is 402 g/mol. The van der Waals surface area contributed by atoms with Crippen LogP contribution >= 0.6 is 0 Å². The number of hydrogen-bond donors (Lipinski definition) is 0. The Morgan fingerprint density at radius 3 is 2.48 bits per heavy atom. The third-order valence-electron chi connectivity index (χ3n) is 5.35. The number of fused-ring (bicyclic) bond motifs is 1. The zero-order chi connectivity index (χ0) is 21.1. The van der Waals surface area contributed by atoms with E-state index in [0.717, 1.165) is 10.9 Å². The van der Waals surface area contributed by atoms with E-state index in [1.807, 2.05) is 17.9 Å². The van der Waals surface area contributed by atoms with Crippen LogP contribution in [0.4, 0.5) is 0 Å². The van der Waals surface area contributed by atoms with Gasteiger partial charge in [-0.05, 0) is 38.5 Å². The summed E-state index contributed by atoms with van der Waals surface area (Å²) in [5.41, 5.74) is 1.52. The van der Waals surface area contributed by atoms with Crippen molar-refractivity contribution in [3.63, 3.8) is 0 Å². The Morgan fingerprint density at radius 1 is 1.14 bits per heavy atom. The number of nitrogens with zero attached hydrogens (tertiary/aromatic N) is 2. The summed E-state index contributed by atoms with van der Waals surface area (Å²) in [5, 5.41) is 0.843. The lowest BCUT2D eigenvalue weighted by Crippen LogP contribution is -2.52. The van der Waals surface area contributed by atoms with Crippen LogP contribution in [0.25, 0.3) is 11.0 Å². The second kappa shape index (κ2) is 8.65. The van der Waals surface area contributed by atoms with Crippen molar-refractivity contribution in [2.75, 3.05) is 39.8 Å². The maximum Gasteiger partial charge on any atom is 0.339 e. The number of piperazine rings is 1. The van der Waals surface area contributed by atoms with Gasteiger partial charge in [0.25, 0.3) is 5.91 Å². The van der Waals surface area contributed by atoms with Gasteiger partial charge >= 0.3 is 11.6 Å². The van der Waals surface area contributed by atoms with Gasteiger partial charge in [-0.25, -0.2) is 4.79 Å². The molecule has 2 heterocycles. The summed E-state index contributed by atoms with van der Waals surface area (Å²) in [7, 11) is 1.36. The molecule has 29 heavy (non-hydrogen) atoms. The zero-order valence-corrected chi connectivity index (χ0v) is 17.2. The van der Waals surface area contributed by atoms with Gasteiger partial charge in [-0.2, -0.15) is 0 Å². The highest BCUT2D eigenvalue weighted by molar-refractivity contribution is 5.83. The lowest BCUT2D eigenvalue weighted by Gasteiger charge is -2.35. The predicted octanol–water partition coefficient (Wildman–Crippen LogP) is 1.49. The smallest absolute Gasteiger partial charge is 0.339 e.